The Morgan fingerprint density at radius 2 is 1.81 bits per heavy atom. The van der Waals surface area contributed by atoms with Crippen molar-refractivity contribution in [2.45, 2.75) is 64.1 Å². The first-order valence-corrected chi connectivity index (χ1v) is 12.2. The quantitative estimate of drug-likeness (QED) is 0.549. The molecular weight excluding hydrogens is 404 g/mol. The van der Waals surface area contributed by atoms with Crippen LogP contribution in [0.15, 0.2) is 53.9 Å². The molecule has 1 fully saturated rings. The van der Waals surface area contributed by atoms with Crippen molar-refractivity contribution < 1.29 is 9.59 Å². The Kier molecular flexibility index (Phi) is 6.73. The summed E-state index contributed by atoms with van der Waals surface area (Å²) in [4.78, 5) is 29.1. The number of carbonyl (C=O) groups is 2. The first-order chi connectivity index (χ1) is 14.9. The van der Waals surface area contributed by atoms with Crippen molar-refractivity contribution in [2.24, 2.45) is 17.6 Å². The second-order valence-corrected chi connectivity index (χ2v) is 10.3. The number of rotatable bonds is 9. The van der Waals surface area contributed by atoms with Gasteiger partial charge in [-0.3, -0.25) is 9.59 Å². The molecule has 1 amide bonds. The topological polar surface area (TPSA) is 63.4 Å². The molecule has 0 aliphatic carbocycles. The number of carbonyl (C=O) groups excluding carboxylic acids is 2. The smallest absolute Gasteiger partial charge is 0.247 e. The molecule has 2 aromatic rings. The fourth-order valence-electron chi connectivity index (χ4n) is 5.16. The van der Waals surface area contributed by atoms with Crippen molar-refractivity contribution in [1.82, 2.24) is 4.90 Å². The van der Waals surface area contributed by atoms with E-state index in [2.05, 4.69) is 38.1 Å². The minimum absolute atomic E-state index is 0.0356. The summed E-state index contributed by atoms with van der Waals surface area (Å²) in [6.07, 6.45) is 7.58. The summed E-state index contributed by atoms with van der Waals surface area (Å²) in [6, 6.07) is 12.3. The van der Waals surface area contributed by atoms with E-state index in [1.165, 1.54) is 11.1 Å². The summed E-state index contributed by atoms with van der Waals surface area (Å²) >= 11 is 1.63. The number of hydrogen-bond acceptors (Lipinski definition) is 4. The summed E-state index contributed by atoms with van der Waals surface area (Å²) in [7, 11) is 0. The molecular formula is C26H32N2O2S. The van der Waals surface area contributed by atoms with Crippen molar-refractivity contribution in [3.63, 3.8) is 0 Å². The summed E-state index contributed by atoms with van der Waals surface area (Å²) in [6.45, 7) is 4.30. The Morgan fingerprint density at radius 1 is 1.13 bits per heavy atom. The van der Waals surface area contributed by atoms with Crippen LogP contribution in [0.3, 0.4) is 0 Å². The second kappa shape index (κ2) is 9.49. The third-order valence-corrected chi connectivity index (χ3v) is 7.42. The zero-order valence-electron chi connectivity index (χ0n) is 18.4. The van der Waals surface area contributed by atoms with Crippen LogP contribution < -0.4 is 5.73 Å². The largest absolute Gasteiger partial charge is 0.325 e. The van der Waals surface area contributed by atoms with Gasteiger partial charge >= 0.3 is 0 Å². The van der Waals surface area contributed by atoms with Gasteiger partial charge in [-0.25, -0.2) is 0 Å². The van der Waals surface area contributed by atoms with Gasteiger partial charge in [-0.2, -0.15) is 0 Å². The molecule has 2 N–H and O–H groups in total. The minimum Gasteiger partial charge on any atom is -0.325 e. The maximum atomic E-state index is 13.1. The fraction of sp³-hybridized carbons (Fsp3) is 0.462. The summed E-state index contributed by atoms with van der Waals surface area (Å²) < 4.78 is 0. The Morgan fingerprint density at radius 3 is 2.39 bits per heavy atom. The van der Waals surface area contributed by atoms with Crippen LogP contribution in [-0.2, 0) is 16.0 Å². The van der Waals surface area contributed by atoms with Crippen molar-refractivity contribution in [2.75, 3.05) is 0 Å². The predicted molar refractivity (Wildman–Crippen MR) is 126 cm³/mol. The summed E-state index contributed by atoms with van der Waals surface area (Å²) in [5, 5.41) is 2.01. The van der Waals surface area contributed by atoms with Crippen LogP contribution in [-0.4, -0.2) is 22.6 Å². The normalized spacial score (nSPS) is 21.6. The molecule has 1 aromatic carbocycles. The number of nitrogens with zero attached hydrogens (tertiary/aromatic N) is 1. The number of thiophene rings is 1. The van der Waals surface area contributed by atoms with Gasteiger partial charge in [-0.1, -0.05) is 50.3 Å². The highest BCUT2D eigenvalue weighted by molar-refractivity contribution is 7.09. The van der Waals surface area contributed by atoms with Crippen LogP contribution >= 0.6 is 11.3 Å². The van der Waals surface area contributed by atoms with E-state index in [4.69, 9.17) is 5.73 Å². The molecule has 4 nitrogen and oxygen atoms in total. The van der Waals surface area contributed by atoms with Crippen molar-refractivity contribution in [3.05, 3.63) is 69.9 Å². The zero-order chi connectivity index (χ0) is 22.0. The van der Waals surface area contributed by atoms with Gasteiger partial charge in [-0.05, 0) is 59.7 Å². The minimum atomic E-state index is -0.485. The number of ketones is 1. The highest BCUT2D eigenvalue weighted by Gasteiger charge is 2.45. The van der Waals surface area contributed by atoms with Crippen LogP contribution in [0, 0.1) is 11.8 Å². The lowest BCUT2D eigenvalue weighted by Gasteiger charge is -2.22. The number of allylic oxidation sites excluding steroid dienone is 1. The van der Waals surface area contributed by atoms with Crippen LogP contribution in [0.4, 0.5) is 0 Å². The molecule has 1 aromatic heterocycles. The van der Waals surface area contributed by atoms with Gasteiger partial charge in [0.1, 0.15) is 5.78 Å². The zero-order valence-corrected chi connectivity index (χ0v) is 19.2. The third-order valence-electron chi connectivity index (χ3n) is 6.52. The molecule has 0 radical (unpaired) electrons. The highest BCUT2D eigenvalue weighted by Crippen LogP contribution is 2.52. The monoisotopic (exact) mass is 436 g/mol. The summed E-state index contributed by atoms with van der Waals surface area (Å²) in [5.74, 6) is 0.615. The Labute approximate surface area is 189 Å². The molecule has 4 rings (SSSR count). The summed E-state index contributed by atoms with van der Waals surface area (Å²) in [5.41, 5.74) is 8.79. The van der Waals surface area contributed by atoms with Gasteiger partial charge in [0.15, 0.2) is 0 Å². The van der Waals surface area contributed by atoms with Gasteiger partial charge < -0.3 is 10.6 Å². The maximum Gasteiger partial charge on any atom is 0.247 e. The SMILES string of the molecule is CC(C)C[C@@H](/C=C/C(=O)N1[C@@H]2CC[C@H]1c1ccccc12)CC(=O)[C@@H](N)Cc1cccs1. The molecule has 31 heavy (non-hydrogen) atoms. The molecule has 5 heteroatoms. The molecule has 1 saturated heterocycles. The van der Waals surface area contributed by atoms with Gasteiger partial charge in [-0.15, -0.1) is 11.3 Å². The van der Waals surface area contributed by atoms with Crippen molar-refractivity contribution in [1.29, 1.82) is 0 Å². The van der Waals surface area contributed by atoms with E-state index in [0.29, 0.717) is 18.8 Å². The molecule has 0 spiro atoms. The number of fused-ring (bicyclic) bond motifs is 5. The van der Waals surface area contributed by atoms with E-state index >= 15 is 0 Å². The lowest BCUT2D eigenvalue weighted by molar-refractivity contribution is -0.128. The standard InChI is InChI=1S/C26H32N2O2S/c1-17(2)14-18(15-25(29)22(27)16-19-6-5-13-31-19)9-12-26(30)28-23-10-11-24(28)21-8-4-3-7-20(21)23/h3-9,12-13,17-18,22-24H,10-11,14-16,27H2,1-2H3/b12-9+/t18-,22+,23-,24+/m1/s1. The number of benzene rings is 1. The van der Waals surface area contributed by atoms with Gasteiger partial charge in [0, 0.05) is 17.7 Å². The Hall–Kier alpha value is -2.24. The molecule has 2 aliphatic rings. The number of Topliss-reactive ketones (excluding diaryl/α,β-unsaturated/α-hetero) is 1. The van der Waals surface area contributed by atoms with Gasteiger partial charge in [0.05, 0.1) is 18.1 Å². The van der Waals surface area contributed by atoms with E-state index in [-0.39, 0.29) is 29.7 Å². The maximum absolute atomic E-state index is 13.1. The molecule has 0 unspecified atom stereocenters. The van der Waals surface area contributed by atoms with Crippen LogP contribution in [0.1, 0.15) is 67.6 Å². The van der Waals surface area contributed by atoms with Gasteiger partial charge in [0.2, 0.25) is 5.91 Å². The van der Waals surface area contributed by atoms with Crippen LogP contribution in [0.5, 0.6) is 0 Å². The first-order valence-electron chi connectivity index (χ1n) is 11.3. The number of nitrogens with two attached hydrogens (primary N) is 1. The van der Waals surface area contributed by atoms with Crippen molar-refractivity contribution in [3.8, 4) is 0 Å². The molecule has 2 bridgehead atoms. The predicted octanol–water partition coefficient (Wildman–Crippen LogP) is 5.21. The van der Waals surface area contributed by atoms with E-state index < -0.39 is 6.04 Å². The van der Waals surface area contributed by atoms with E-state index in [0.717, 1.165) is 24.1 Å². The number of hydrogen-bond donors (Lipinski definition) is 1. The molecule has 4 atom stereocenters. The van der Waals surface area contributed by atoms with E-state index in [1.54, 1.807) is 17.4 Å². The molecule has 3 heterocycles. The molecule has 0 saturated carbocycles. The number of amides is 1. The lowest BCUT2D eigenvalue weighted by atomic mass is 9.89. The fourth-order valence-corrected chi connectivity index (χ4v) is 5.92. The highest BCUT2D eigenvalue weighted by atomic mass is 32.1. The third kappa shape index (κ3) is 4.83. The first kappa shape index (κ1) is 22.0. The Balaban J connectivity index is 1.41. The Bertz CT molecular complexity index is 919. The lowest BCUT2D eigenvalue weighted by Crippen LogP contribution is -2.33. The van der Waals surface area contributed by atoms with E-state index in [1.807, 2.05) is 28.5 Å². The van der Waals surface area contributed by atoms with Crippen LogP contribution in [0.2, 0.25) is 0 Å². The molecule has 2 aliphatic heterocycles. The average molecular weight is 437 g/mol. The molecule has 164 valence electrons. The van der Waals surface area contributed by atoms with Gasteiger partial charge in [0.25, 0.3) is 0 Å². The average Bonchev–Trinajstić information content (AvgIpc) is 3.47. The van der Waals surface area contributed by atoms with E-state index in [9.17, 15) is 9.59 Å². The van der Waals surface area contributed by atoms with Crippen LogP contribution in [0.25, 0.3) is 0 Å². The van der Waals surface area contributed by atoms with Crippen molar-refractivity contribution >= 4 is 23.0 Å². The second-order valence-electron chi connectivity index (χ2n) is 9.29.